The minimum atomic E-state index is 0.577. The maximum atomic E-state index is 5.82. The molecule has 0 amide bonds. The standard InChI is InChI=1S/C14H23N7/c1-21-8-7-18-13(21)3-2-4-17-5-6-19-14-12(16)9-11(15)10-20-14/h7-10,17H,2-6,15-16H2,1H3,(H,19,20)/p+1. The van der Waals surface area contributed by atoms with Gasteiger partial charge in [-0.25, -0.2) is 14.5 Å². The minimum absolute atomic E-state index is 0.577. The monoisotopic (exact) mass is 290 g/mol. The number of hydrogen-bond donors (Lipinski definition) is 5. The number of nitrogen functional groups attached to an aromatic ring is 2. The second-order valence-corrected chi connectivity index (χ2v) is 5.00. The lowest BCUT2D eigenvalue weighted by Crippen LogP contribution is -2.31. The summed E-state index contributed by atoms with van der Waals surface area (Å²) >= 11 is 0. The Morgan fingerprint density at radius 3 is 2.86 bits per heavy atom. The van der Waals surface area contributed by atoms with Crippen molar-refractivity contribution < 1.29 is 4.57 Å². The lowest BCUT2D eigenvalue weighted by atomic mass is 10.3. The lowest BCUT2D eigenvalue weighted by Gasteiger charge is -2.09. The summed E-state index contributed by atoms with van der Waals surface area (Å²) in [4.78, 5) is 7.39. The summed E-state index contributed by atoms with van der Waals surface area (Å²) in [5.74, 6) is 1.93. The molecule has 0 saturated carbocycles. The van der Waals surface area contributed by atoms with Crippen LogP contribution >= 0.6 is 0 Å². The van der Waals surface area contributed by atoms with E-state index in [2.05, 4.69) is 25.2 Å². The van der Waals surface area contributed by atoms with Crippen LogP contribution in [0.3, 0.4) is 0 Å². The molecule has 2 aromatic rings. The number of rotatable bonds is 8. The van der Waals surface area contributed by atoms with E-state index in [9.17, 15) is 0 Å². The van der Waals surface area contributed by atoms with Gasteiger partial charge >= 0.3 is 0 Å². The molecule has 7 N–H and O–H groups in total. The molecule has 21 heavy (non-hydrogen) atoms. The van der Waals surface area contributed by atoms with Gasteiger partial charge < -0.3 is 22.1 Å². The van der Waals surface area contributed by atoms with E-state index in [-0.39, 0.29) is 0 Å². The molecule has 0 unspecified atom stereocenters. The summed E-state index contributed by atoms with van der Waals surface area (Å²) < 4.78 is 2.11. The number of pyridine rings is 1. The molecule has 0 aromatic carbocycles. The Hall–Kier alpha value is -2.28. The van der Waals surface area contributed by atoms with E-state index < -0.39 is 0 Å². The van der Waals surface area contributed by atoms with E-state index in [0.717, 1.165) is 32.5 Å². The third kappa shape index (κ3) is 4.64. The van der Waals surface area contributed by atoms with Crippen LogP contribution in [0, 0.1) is 0 Å². The van der Waals surface area contributed by atoms with Crippen LogP contribution in [0.1, 0.15) is 12.2 Å². The maximum Gasteiger partial charge on any atom is 0.254 e. The summed E-state index contributed by atoms with van der Waals surface area (Å²) in [6.07, 6.45) is 7.71. The number of imidazole rings is 1. The lowest BCUT2D eigenvalue weighted by molar-refractivity contribution is -0.677. The van der Waals surface area contributed by atoms with Crippen LogP contribution in [0.4, 0.5) is 17.2 Å². The maximum absolute atomic E-state index is 5.82. The molecule has 2 aromatic heterocycles. The summed E-state index contributed by atoms with van der Waals surface area (Å²) in [6.45, 7) is 2.62. The molecular formula is C14H24N7+. The molecule has 114 valence electrons. The molecule has 0 bridgehead atoms. The Morgan fingerprint density at radius 2 is 2.14 bits per heavy atom. The molecule has 0 aliphatic heterocycles. The average molecular weight is 290 g/mol. The van der Waals surface area contributed by atoms with Gasteiger partial charge in [0.15, 0.2) is 0 Å². The zero-order valence-electron chi connectivity index (χ0n) is 12.4. The molecule has 0 saturated heterocycles. The second-order valence-electron chi connectivity index (χ2n) is 5.00. The number of aryl methyl sites for hydroxylation is 2. The van der Waals surface area contributed by atoms with Crippen molar-refractivity contribution in [1.82, 2.24) is 15.3 Å². The van der Waals surface area contributed by atoms with Gasteiger partial charge in [0.2, 0.25) is 0 Å². The van der Waals surface area contributed by atoms with E-state index in [1.807, 2.05) is 19.4 Å². The number of nitrogens with zero attached hydrogens (tertiary/aromatic N) is 2. The van der Waals surface area contributed by atoms with Crippen molar-refractivity contribution in [3.8, 4) is 0 Å². The van der Waals surface area contributed by atoms with Crippen molar-refractivity contribution in [3.63, 3.8) is 0 Å². The first-order chi connectivity index (χ1) is 10.2. The number of nitrogens with one attached hydrogen (secondary N) is 3. The van der Waals surface area contributed by atoms with Gasteiger partial charge in [-0.05, 0) is 19.0 Å². The molecule has 2 heterocycles. The smallest absolute Gasteiger partial charge is 0.254 e. The number of nitrogens with two attached hydrogens (primary N) is 2. The van der Waals surface area contributed by atoms with E-state index in [0.29, 0.717) is 17.2 Å². The highest BCUT2D eigenvalue weighted by molar-refractivity contribution is 5.65. The van der Waals surface area contributed by atoms with Crippen molar-refractivity contribution in [2.45, 2.75) is 12.8 Å². The molecule has 0 aliphatic carbocycles. The van der Waals surface area contributed by atoms with E-state index in [1.165, 1.54) is 5.82 Å². The average Bonchev–Trinajstić information content (AvgIpc) is 2.85. The van der Waals surface area contributed by atoms with Gasteiger partial charge in [-0.15, -0.1) is 0 Å². The zero-order chi connectivity index (χ0) is 15.1. The van der Waals surface area contributed by atoms with Crippen molar-refractivity contribution in [3.05, 3.63) is 30.5 Å². The third-order valence-electron chi connectivity index (χ3n) is 3.27. The summed E-state index contributed by atoms with van der Waals surface area (Å²) in [5.41, 5.74) is 12.6. The van der Waals surface area contributed by atoms with Gasteiger partial charge in [-0.2, -0.15) is 0 Å². The predicted octanol–water partition coefficient (Wildman–Crippen LogP) is 0.0329. The van der Waals surface area contributed by atoms with E-state index in [1.54, 1.807) is 12.3 Å². The van der Waals surface area contributed by atoms with Gasteiger partial charge in [0, 0.05) is 13.1 Å². The Labute approximate surface area is 124 Å². The molecule has 7 nitrogen and oxygen atoms in total. The van der Waals surface area contributed by atoms with Crippen LogP contribution in [-0.4, -0.2) is 29.6 Å². The van der Waals surface area contributed by atoms with Crippen LogP contribution in [0.5, 0.6) is 0 Å². The zero-order valence-corrected chi connectivity index (χ0v) is 12.4. The Balaban J connectivity index is 1.57. The highest BCUT2D eigenvalue weighted by Gasteiger charge is 2.05. The molecule has 0 aliphatic rings. The fourth-order valence-electron chi connectivity index (χ4n) is 2.11. The largest absolute Gasteiger partial charge is 0.397 e. The normalized spacial score (nSPS) is 10.7. The van der Waals surface area contributed by atoms with Gasteiger partial charge in [-0.3, -0.25) is 0 Å². The van der Waals surface area contributed by atoms with Gasteiger partial charge in [0.1, 0.15) is 18.2 Å². The van der Waals surface area contributed by atoms with Crippen LogP contribution in [0.2, 0.25) is 0 Å². The molecule has 2 rings (SSSR count). The van der Waals surface area contributed by atoms with Crippen molar-refractivity contribution in [2.24, 2.45) is 7.05 Å². The summed E-state index contributed by atoms with van der Waals surface area (Å²) in [6, 6.07) is 1.71. The molecule has 0 spiro atoms. The van der Waals surface area contributed by atoms with E-state index in [4.69, 9.17) is 11.5 Å². The highest BCUT2D eigenvalue weighted by atomic mass is 15.0. The van der Waals surface area contributed by atoms with Crippen LogP contribution in [-0.2, 0) is 13.5 Å². The van der Waals surface area contributed by atoms with Crippen molar-refractivity contribution in [1.29, 1.82) is 0 Å². The second kappa shape index (κ2) is 7.49. The molecular weight excluding hydrogens is 266 g/mol. The molecule has 0 fully saturated rings. The summed E-state index contributed by atoms with van der Waals surface area (Å²) in [5, 5.41) is 6.58. The number of H-pyrrole nitrogens is 1. The first kappa shape index (κ1) is 15.1. The number of anilines is 3. The number of hydrogen-bond acceptors (Lipinski definition) is 5. The molecule has 0 radical (unpaired) electrons. The number of aromatic nitrogens is 3. The minimum Gasteiger partial charge on any atom is -0.397 e. The predicted molar refractivity (Wildman–Crippen MR) is 84.7 cm³/mol. The molecule has 0 atom stereocenters. The fraction of sp³-hybridized carbons (Fsp3) is 0.429. The fourth-order valence-corrected chi connectivity index (χ4v) is 2.11. The quantitative estimate of drug-likeness (QED) is 0.348. The Kier molecular flexibility index (Phi) is 5.39. The Morgan fingerprint density at radius 1 is 1.29 bits per heavy atom. The van der Waals surface area contributed by atoms with Crippen LogP contribution in [0.15, 0.2) is 24.7 Å². The first-order valence-corrected chi connectivity index (χ1v) is 7.14. The topological polar surface area (TPSA) is 109 Å². The molecule has 7 heteroatoms. The first-order valence-electron chi connectivity index (χ1n) is 7.14. The van der Waals surface area contributed by atoms with Crippen LogP contribution < -0.4 is 26.7 Å². The Bertz CT molecular complexity index is 564. The summed E-state index contributed by atoms with van der Waals surface area (Å²) in [7, 11) is 2.05. The van der Waals surface area contributed by atoms with E-state index >= 15 is 0 Å². The highest BCUT2D eigenvalue weighted by Crippen LogP contribution is 2.16. The van der Waals surface area contributed by atoms with Gasteiger partial charge in [0.05, 0.1) is 31.0 Å². The van der Waals surface area contributed by atoms with Crippen LogP contribution in [0.25, 0.3) is 0 Å². The third-order valence-corrected chi connectivity index (χ3v) is 3.27. The van der Waals surface area contributed by atoms with Gasteiger partial charge in [0.25, 0.3) is 5.82 Å². The van der Waals surface area contributed by atoms with Crippen molar-refractivity contribution in [2.75, 3.05) is 36.4 Å². The van der Waals surface area contributed by atoms with Crippen molar-refractivity contribution >= 4 is 17.2 Å². The van der Waals surface area contributed by atoms with Gasteiger partial charge in [-0.1, -0.05) is 0 Å². The SMILES string of the molecule is C[n+]1cc[nH]c1CCCNCCNc1ncc(N)cc1N. The number of aromatic amines is 1.